The van der Waals surface area contributed by atoms with Gasteiger partial charge in [-0.3, -0.25) is 14.4 Å². The van der Waals surface area contributed by atoms with E-state index < -0.39 is 6.10 Å². The number of carbonyl (C=O) groups is 3. The molecule has 362 valence electrons. The van der Waals surface area contributed by atoms with E-state index in [1.807, 2.05) is 0 Å². The van der Waals surface area contributed by atoms with E-state index in [1.165, 1.54) is 44.9 Å². The van der Waals surface area contributed by atoms with Gasteiger partial charge in [0.2, 0.25) is 0 Å². The van der Waals surface area contributed by atoms with Gasteiger partial charge >= 0.3 is 17.9 Å². The lowest BCUT2D eigenvalue weighted by Crippen LogP contribution is -2.30. The summed E-state index contributed by atoms with van der Waals surface area (Å²) in [7, 11) is 0. The summed E-state index contributed by atoms with van der Waals surface area (Å²) in [6, 6.07) is 0. The molecule has 0 aromatic carbocycles. The van der Waals surface area contributed by atoms with Crippen LogP contribution in [0.1, 0.15) is 220 Å². The van der Waals surface area contributed by atoms with Gasteiger partial charge in [-0.2, -0.15) is 0 Å². The lowest BCUT2D eigenvalue weighted by molar-refractivity contribution is -0.167. The molecule has 0 heterocycles. The normalized spacial score (nSPS) is 13.0. The molecule has 0 aliphatic carbocycles. The van der Waals surface area contributed by atoms with Crippen LogP contribution < -0.4 is 0 Å². The summed E-state index contributed by atoms with van der Waals surface area (Å²) in [4.78, 5) is 37.6. The van der Waals surface area contributed by atoms with Gasteiger partial charge in [0.15, 0.2) is 6.10 Å². The van der Waals surface area contributed by atoms with Crippen molar-refractivity contribution >= 4 is 17.9 Å². The van der Waals surface area contributed by atoms with Crippen molar-refractivity contribution in [3.05, 3.63) is 109 Å². The SMILES string of the molecule is CC/C=C\C/C=C\C/C=C\C/C=C\C/C=C\C/C=C\C/C=C\C/C=C\CCCCCCC(=O)OCC(COC(=O)CCCCCCCC)OC(=O)CCCCCCC/C=C\CCCC. The second kappa shape index (κ2) is 51.7. The van der Waals surface area contributed by atoms with Crippen LogP contribution in [0.4, 0.5) is 0 Å². The smallest absolute Gasteiger partial charge is 0.306 e. The monoisotopic (exact) mass is 887 g/mol. The van der Waals surface area contributed by atoms with Gasteiger partial charge in [-0.1, -0.05) is 207 Å². The second-order valence-corrected chi connectivity index (χ2v) is 16.7. The van der Waals surface area contributed by atoms with E-state index in [4.69, 9.17) is 14.2 Å². The van der Waals surface area contributed by atoms with Crippen molar-refractivity contribution in [1.82, 2.24) is 0 Å². The van der Waals surface area contributed by atoms with E-state index in [0.29, 0.717) is 19.3 Å². The molecule has 0 rings (SSSR count). The second-order valence-electron chi connectivity index (χ2n) is 16.7. The molecule has 0 bridgehead atoms. The number of hydrogen-bond acceptors (Lipinski definition) is 6. The Morgan fingerprint density at radius 3 is 1.02 bits per heavy atom. The average Bonchev–Trinajstić information content (AvgIpc) is 3.29. The first-order chi connectivity index (χ1) is 31.5. The van der Waals surface area contributed by atoms with Gasteiger partial charge in [-0.15, -0.1) is 0 Å². The van der Waals surface area contributed by atoms with Crippen LogP contribution in [0.2, 0.25) is 0 Å². The zero-order chi connectivity index (χ0) is 46.5. The maximum absolute atomic E-state index is 12.7. The first-order valence-electron chi connectivity index (χ1n) is 25.9. The Balaban J connectivity index is 4.20. The minimum atomic E-state index is -0.789. The van der Waals surface area contributed by atoms with E-state index in [-0.39, 0.29) is 31.1 Å². The fourth-order valence-corrected chi connectivity index (χ4v) is 6.61. The van der Waals surface area contributed by atoms with E-state index >= 15 is 0 Å². The Kier molecular flexibility index (Phi) is 48.5. The first kappa shape index (κ1) is 60.1. The molecule has 0 fully saturated rings. The third-order valence-electron chi connectivity index (χ3n) is 10.5. The molecule has 6 nitrogen and oxygen atoms in total. The van der Waals surface area contributed by atoms with Gasteiger partial charge in [-0.05, 0) is 103 Å². The topological polar surface area (TPSA) is 78.9 Å². The number of carbonyl (C=O) groups excluding carboxylic acids is 3. The Morgan fingerprint density at radius 2 is 0.625 bits per heavy atom. The highest BCUT2D eigenvalue weighted by molar-refractivity contribution is 5.71. The van der Waals surface area contributed by atoms with Crippen molar-refractivity contribution in [3.8, 4) is 0 Å². The summed E-state index contributed by atoms with van der Waals surface area (Å²) in [5.74, 6) is -0.945. The molecule has 0 aliphatic heterocycles. The number of ether oxygens (including phenoxy) is 3. The third kappa shape index (κ3) is 49.1. The van der Waals surface area contributed by atoms with E-state index in [9.17, 15) is 14.4 Å². The van der Waals surface area contributed by atoms with Gasteiger partial charge in [0, 0.05) is 19.3 Å². The van der Waals surface area contributed by atoms with Crippen LogP contribution in [-0.2, 0) is 28.6 Å². The molecule has 0 radical (unpaired) electrons. The summed E-state index contributed by atoms with van der Waals surface area (Å²) in [5.41, 5.74) is 0. The molecular formula is C58H94O6. The molecule has 0 spiro atoms. The first-order valence-corrected chi connectivity index (χ1v) is 25.9. The quantitative estimate of drug-likeness (QED) is 0.0262. The van der Waals surface area contributed by atoms with Gasteiger partial charge in [0.1, 0.15) is 13.2 Å². The number of esters is 3. The third-order valence-corrected chi connectivity index (χ3v) is 10.5. The molecule has 0 saturated heterocycles. The number of unbranched alkanes of at least 4 members (excludes halogenated alkanes) is 16. The van der Waals surface area contributed by atoms with Crippen LogP contribution in [0.3, 0.4) is 0 Å². The zero-order valence-electron chi connectivity index (χ0n) is 41.3. The maximum Gasteiger partial charge on any atom is 0.306 e. The summed E-state index contributed by atoms with van der Waals surface area (Å²) in [6.07, 6.45) is 69.6. The van der Waals surface area contributed by atoms with E-state index in [0.717, 1.165) is 135 Å². The number of rotatable bonds is 45. The molecule has 0 aromatic rings. The molecule has 6 heteroatoms. The van der Waals surface area contributed by atoms with Gasteiger partial charge < -0.3 is 14.2 Å². The molecular weight excluding hydrogens is 793 g/mol. The summed E-state index contributed by atoms with van der Waals surface area (Å²) < 4.78 is 16.6. The molecule has 0 amide bonds. The predicted molar refractivity (Wildman–Crippen MR) is 274 cm³/mol. The van der Waals surface area contributed by atoms with Crippen molar-refractivity contribution in [2.45, 2.75) is 226 Å². The highest BCUT2D eigenvalue weighted by atomic mass is 16.6. The lowest BCUT2D eigenvalue weighted by Gasteiger charge is -2.18. The Morgan fingerprint density at radius 1 is 0.328 bits per heavy atom. The van der Waals surface area contributed by atoms with Crippen LogP contribution >= 0.6 is 0 Å². The maximum atomic E-state index is 12.7. The Hall–Kier alpha value is -3.93. The fraction of sp³-hybridized carbons (Fsp3) is 0.638. The van der Waals surface area contributed by atoms with Crippen molar-refractivity contribution in [3.63, 3.8) is 0 Å². The minimum absolute atomic E-state index is 0.0910. The minimum Gasteiger partial charge on any atom is -0.462 e. The number of allylic oxidation sites excluding steroid dienone is 18. The molecule has 0 N–H and O–H groups in total. The fourth-order valence-electron chi connectivity index (χ4n) is 6.61. The molecule has 64 heavy (non-hydrogen) atoms. The average molecular weight is 887 g/mol. The highest BCUT2D eigenvalue weighted by Crippen LogP contribution is 2.12. The Bertz CT molecular complexity index is 1340. The molecule has 1 unspecified atom stereocenters. The summed E-state index contributed by atoms with van der Waals surface area (Å²) in [5, 5.41) is 0. The lowest BCUT2D eigenvalue weighted by atomic mass is 10.1. The van der Waals surface area contributed by atoms with Gasteiger partial charge in [0.05, 0.1) is 0 Å². The van der Waals surface area contributed by atoms with Crippen molar-refractivity contribution in [2.24, 2.45) is 0 Å². The van der Waals surface area contributed by atoms with Crippen LogP contribution in [0.25, 0.3) is 0 Å². The zero-order valence-corrected chi connectivity index (χ0v) is 41.3. The molecule has 0 aromatic heterocycles. The van der Waals surface area contributed by atoms with Crippen molar-refractivity contribution in [1.29, 1.82) is 0 Å². The van der Waals surface area contributed by atoms with Gasteiger partial charge in [-0.25, -0.2) is 0 Å². The van der Waals surface area contributed by atoms with Crippen LogP contribution in [0.5, 0.6) is 0 Å². The largest absolute Gasteiger partial charge is 0.462 e. The van der Waals surface area contributed by atoms with Gasteiger partial charge in [0.25, 0.3) is 0 Å². The van der Waals surface area contributed by atoms with E-state index in [2.05, 4.69) is 130 Å². The summed E-state index contributed by atoms with van der Waals surface area (Å²) in [6.45, 7) is 6.37. The molecule has 1 atom stereocenters. The van der Waals surface area contributed by atoms with Crippen LogP contribution in [0.15, 0.2) is 109 Å². The van der Waals surface area contributed by atoms with Crippen LogP contribution in [-0.4, -0.2) is 37.2 Å². The highest BCUT2D eigenvalue weighted by Gasteiger charge is 2.19. The van der Waals surface area contributed by atoms with E-state index in [1.54, 1.807) is 0 Å². The molecule has 0 aliphatic rings. The standard InChI is InChI=1S/C58H94O6/c1-4-7-10-13-16-18-20-21-22-23-24-25-26-27-28-29-30-31-32-33-34-35-36-37-39-40-42-45-48-51-57(60)63-54-55(53-62-56(59)50-47-44-15-12-9-6-3)64-58(61)52-49-46-43-41-38-19-17-14-11-8-5-2/h7,10,14,16-18,21-22,24-25,27-28,30-31,33-34,36-37,55H,4-6,8-9,11-13,15,19-20,23,26,29,32,35,38-54H2,1-3H3/b10-7-,17-14-,18-16-,22-21-,25-24-,28-27-,31-30-,34-33-,37-36-. The number of hydrogen-bond donors (Lipinski definition) is 0. The summed E-state index contributed by atoms with van der Waals surface area (Å²) >= 11 is 0. The van der Waals surface area contributed by atoms with Crippen molar-refractivity contribution in [2.75, 3.05) is 13.2 Å². The molecule has 0 saturated carbocycles. The Labute approximate surface area is 393 Å². The van der Waals surface area contributed by atoms with Crippen molar-refractivity contribution < 1.29 is 28.6 Å². The van der Waals surface area contributed by atoms with Crippen LogP contribution in [0, 0.1) is 0 Å². The predicted octanol–water partition coefficient (Wildman–Crippen LogP) is 17.1.